The molecule has 0 aliphatic heterocycles. The van der Waals surface area contributed by atoms with Gasteiger partial charge in [0.2, 0.25) is 0 Å². The molecule has 0 aliphatic carbocycles. The lowest BCUT2D eigenvalue weighted by Gasteiger charge is -2.20. The van der Waals surface area contributed by atoms with E-state index in [1.54, 1.807) is 11.3 Å². The maximum absolute atomic E-state index is 13.8. The van der Waals surface area contributed by atoms with Crippen molar-refractivity contribution in [1.82, 2.24) is 4.98 Å². The van der Waals surface area contributed by atoms with Crippen LogP contribution in [0.25, 0.3) is 10.2 Å². The molecule has 5 aromatic rings. The minimum atomic E-state index is -0.0375. The number of hydrogen-bond donors (Lipinski definition) is 0. The summed E-state index contributed by atoms with van der Waals surface area (Å²) >= 11 is 1.59. The molecule has 1 amide bonds. The van der Waals surface area contributed by atoms with Crippen LogP contribution in [0.1, 0.15) is 38.2 Å². The second-order valence-corrected chi connectivity index (χ2v) is 9.59. The van der Waals surface area contributed by atoms with Crippen molar-refractivity contribution in [3.8, 4) is 0 Å². The molecule has 0 spiro atoms. The van der Waals surface area contributed by atoms with Crippen molar-refractivity contribution in [3.05, 3.63) is 130 Å². The molecular formula is C30H26N2OS. The van der Waals surface area contributed by atoms with E-state index in [4.69, 9.17) is 4.98 Å². The fourth-order valence-electron chi connectivity index (χ4n) is 4.11. The molecule has 0 N–H and O–H groups in total. The Hall–Kier alpha value is -3.76. The fraction of sp³-hybridized carbons (Fsp3) is 0.133. The van der Waals surface area contributed by atoms with E-state index >= 15 is 0 Å². The Kier molecular flexibility index (Phi) is 6.24. The molecule has 168 valence electrons. The first-order valence-electron chi connectivity index (χ1n) is 11.4. The zero-order chi connectivity index (χ0) is 23.5. The number of nitrogens with zero attached hydrogens (tertiary/aromatic N) is 2. The van der Waals surface area contributed by atoms with Crippen LogP contribution in [0.5, 0.6) is 0 Å². The third kappa shape index (κ3) is 4.63. The summed E-state index contributed by atoms with van der Waals surface area (Å²) in [5.41, 5.74) is 7.46. The number of fused-ring (bicyclic) bond motifs is 1. The molecule has 3 nitrogen and oxygen atoms in total. The SMILES string of the molecule is Cc1ccc(C)c2sc(N(Cc3ccccc3)C(=O)c3ccc(Cc4ccccc4)cc3)nc12. The molecule has 1 heterocycles. The van der Waals surface area contributed by atoms with E-state index < -0.39 is 0 Å². The summed E-state index contributed by atoms with van der Waals surface area (Å²) in [5.74, 6) is -0.0375. The van der Waals surface area contributed by atoms with Gasteiger partial charge in [-0.2, -0.15) is 0 Å². The normalized spacial score (nSPS) is 11.0. The summed E-state index contributed by atoms with van der Waals surface area (Å²) < 4.78 is 1.14. The van der Waals surface area contributed by atoms with E-state index in [0.29, 0.717) is 12.1 Å². The molecule has 0 fully saturated rings. The van der Waals surface area contributed by atoms with Crippen molar-refractivity contribution in [2.45, 2.75) is 26.8 Å². The average molecular weight is 463 g/mol. The third-order valence-corrected chi connectivity index (χ3v) is 7.26. The van der Waals surface area contributed by atoms with Crippen LogP contribution in [0.15, 0.2) is 97.1 Å². The summed E-state index contributed by atoms with van der Waals surface area (Å²) in [6.07, 6.45) is 0.847. The largest absolute Gasteiger partial charge is 0.279 e. The second-order valence-electron chi connectivity index (χ2n) is 8.61. The number of anilines is 1. The molecule has 5 rings (SSSR count). The number of carbonyl (C=O) groups is 1. The van der Waals surface area contributed by atoms with Crippen molar-refractivity contribution < 1.29 is 4.79 Å². The van der Waals surface area contributed by atoms with Gasteiger partial charge in [-0.1, -0.05) is 96.3 Å². The second kappa shape index (κ2) is 9.62. The lowest BCUT2D eigenvalue weighted by atomic mass is 10.0. The smallest absolute Gasteiger partial charge is 0.260 e. The summed E-state index contributed by atoms with van der Waals surface area (Å²) in [6.45, 7) is 4.64. The van der Waals surface area contributed by atoms with Crippen LogP contribution in [-0.2, 0) is 13.0 Å². The number of benzene rings is 4. The van der Waals surface area contributed by atoms with Gasteiger partial charge in [0.1, 0.15) is 0 Å². The van der Waals surface area contributed by atoms with E-state index in [1.165, 1.54) is 16.7 Å². The third-order valence-electron chi connectivity index (χ3n) is 6.04. The van der Waals surface area contributed by atoms with Crippen molar-refractivity contribution in [1.29, 1.82) is 0 Å². The van der Waals surface area contributed by atoms with E-state index in [1.807, 2.05) is 65.6 Å². The lowest BCUT2D eigenvalue weighted by molar-refractivity contribution is 0.0985. The fourth-order valence-corrected chi connectivity index (χ4v) is 5.22. The van der Waals surface area contributed by atoms with Crippen molar-refractivity contribution in [2.24, 2.45) is 0 Å². The van der Waals surface area contributed by atoms with E-state index in [-0.39, 0.29) is 5.91 Å². The number of amides is 1. The van der Waals surface area contributed by atoms with Gasteiger partial charge in [0.15, 0.2) is 5.13 Å². The molecule has 0 unspecified atom stereocenters. The summed E-state index contributed by atoms with van der Waals surface area (Å²) in [4.78, 5) is 20.5. The highest BCUT2D eigenvalue weighted by Crippen LogP contribution is 2.34. The Balaban J connectivity index is 1.48. The number of rotatable bonds is 6. The van der Waals surface area contributed by atoms with E-state index in [2.05, 4.69) is 50.2 Å². The van der Waals surface area contributed by atoms with Gasteiger partial charge in [-0.25, -0.2) is 4.98 Å². The lowest BCUT2D eigenvalue weighted by Crippen LogP contribution is -2.30. The Labute approximate surface area is 204 Å². The molecular weight excluding hydrogens is 436 g/mol. The number of aryl methyl sites for hydroxylation is 2. The zero-order valence-corrected chi connectivity index (χ0v) is 20.2. The van der Waals surface area contributed by atoms with Crippen LogP contribution in [-0.4, -0.2) is 10.9 Å². The van der Waals surface area contributed by atoms with Gasteiger partial charge in [-0.05, 0) is 60.2 Å². The maximum Gasteiger partial charge on any atom is 0.260 e. The summed E-state index contributed by atoms with van der Waals surface area (Å²) in [5, 5.41) is 0.731. The first-order valence-corrected chi connectivity index (χ1v) is 12.3. The van der Waals surface area contributed by atoms with E-state index in [9.17, 15) is 4.79 Å². The van der Waals surface area contributed by atoms with Crippen LogP contribution in [0.4, 0.5) is 5.13 Å². The monoisotopic (exact) mass is 462 g/mol. The highest BCUT2D eigenvalue weighted by atomic mass is 32.1. The molecule has 0 bridgehead atoms. The quantitative estimate of drug-likeness (QED) is 0.264. The van der Waals surface area contributed by atoms with Gasteiger partial charge in [-0.15, -0.1) is 0 Å². The van der Waals surface area contributed by atoms with Gasteiger partial charge >= 0.3 is 0 Å². The minimum Gasteiger partial charge on any atom is -0.279 e. The predicted octanol–water partition coefficient (Wildman–Crippen LogP) is 7.35. The molecule has 0 atom stereocenters. The summed E-state index contributed by atoms with van der Waals surface area (Å²) in [7, 11) is 0. The number of carbonyl (C=O) groups excluding carboxylic acids is 1. The summed E-state index contributed by atoms with van der Waals surface area (Å²) in [6, 6.07) is 32.6. The molecule has 4 aromatic carbocycles. The van der Waals surface area contributed by atoms with E-state index in [0.717, 1.165) is 32.9 Å². The minimum absolute atomic E-state index is 0.0375. The van der Waals surface area contributed by atoms with Crippen LogP contribution < -0.4 is 4.90 Å². The van der Waals surface area contributed by atoms with Crippen LogP contribution >= 0.6 is 11.3 Å². The van der Waals surface area contributed by atoms with Gasteiger partial charge in [0.05, 0.1) is 16.8 Å². The first-order chi connectivity index (χ1) is 16.6. The molecule has 34 heavy (non-hydrogen) atoms. The number of thiazole rings is 1. The predicted molar refractivity (Wildman–Crippen MR) is 142 cm³/mol. The molecule has 0 saturated carbocycles. The molecule has 4 heteroatoms. The molecule has 0 aliphatic rings. The van der Waals surface area contributed by atoms with Gasteiger partial charge in [0.25, 0.3) is 5.91 Å². The van der Waals surface area contributed by atoms with Gasteiger partial charge in [-0.3, -0.25) is 9.69 Å². The molecule has 0 radical (unpaired) electrons. The van der Waals surface area contributed by atoms with Crippen LogP contribution in [0, 0.1) is 13.8 Å². The van der Waals surface area contributed by atoms with Crippen molar-refractivity contribution in [2.75, 3.05) is 4.90 Å². The highest BCUT2D eigenvalue weighted by molar-refractivity contribution is 7.22. The standard InChI is InChI=1S/C30H26N2OS/c1-21-13-14-22(2)28-27(21)31-30(34-28)32(20-25-11-7-4-8-12-25)29(33)26-17-15-24(16-18-26)19-23-9-5-3-6-10-23/h3-18H,19-20H2,1-2H3. The van der Waals surface area contributed by atoms with Crippen LogP contribution in [0.2, 0.25) is 0 Å². The van der Waals surface area contributed by atoms with Crippen molar-refractivity contribution in [3.63, 3.8) is 0 Å². The topological polar surface area (TPSA) is 33.2 Å². The Bertz CT molecular complexity index is 1380. The maximum atomic E-state index is 13.8. The molecule has 1 aromatic heterocycles. The van der Waals surface area contributed by atoms with Gasteiger partial charge in [0, 0.05) is 5.56 Å². The number of hydrogen-bond acceptors (Lipinski definition) is 3. The Morgan fingerprint density at radius 2 is 1.32 bits per heavy atom. The van der Waals surface area contributed by atoms with Crippen molar-refractivity contribution >= 4 is 32.6 Å². The van der Waals surface area contributed by atoms with Crippen LogP contribution in [0.3, 0.4) is 0 Å². The van der Waals surface area contributed by atoms with Gasteiger partial charge < -0.3 is 0 Å². The highest BCUT2D eigenvalue weighted by Gasteiger charge is 2.22. The number of aromatic nitrogens is 1. The average Bonchev–Trinajstić information content (AvgIpc) is 3.33. The Morgan fingerprint density at radius 3 is 1.97 bits per heavy atom. The first kappa shape index (κ1) is 22.1. The Morgan fingerprint density at radius 1 is 0.735 bits per heavy atom. The molecule has 0 saturated heterocycles. The zero-order valence-electron chi connectivity index (χ0n) is 19.4.